The Labute approximate surface area is 94.3 Å². The molecule has 0 fully saturated rings. The van der Waals surface area contributed by atoms with Crippen LogP contribution in [0.1, 0.15) is 13.8 Å². The van der Waals surface area contributed by atoms with Crippen LogP contribution in [0.15, 0.2) is 30.3 Å². The second kappa shape index (κ2) is 2.85. The molecule has 1 heterocycles. The van der Waals surface area contributed by atoms with Gasteiger partial charge in [0.25, 0.3) is 0 Å². The van der Waals surface area contributed by atoms with Crippen LogP contribution in [-0.4, -0.2) is 5.66 Å². The Morgan fingerprint density at radius 2 is 2.00 bits per heavy atom. The lowest BCUT2D eigenvalue weighted by Gasteiger charge is -2.22. The van der Waals surface area contributed by atoms with Crippen molar-refractivity contribution in [1.82, 2.24) is 0 Å². The van der Waals surface area contributed by atoms with Crippen LogP contribution in [0.3, 0.4) is 0 Å². The number of nitrogens with one attached hydrogen (secondary N) is 2. The van der Waals surface area contributed by atoms with E-state index in [1.807, 2.05) is 0 Å². The topological polar surface area (TPSA) is 26.0 Å². The quantitative estimate of drug-likeness (QED) is 0.635. The van der Waals surface area contributed by atoms with Crippen molar-refractivity contribution in [3.05, 3.63) is 40.9 Å². The maximum atomic E-state index is 4.07. The summed E-state index contributed by atoms with van der Waals surface area (Å²) in [4.78, 5) is 3.49. The summed E-state index contributed by atoms with van der Waals surface area (Å²) in [6, 6.07) is 10.5. The van der Waals surface area contributed by atoms with Crippen molar-refractivity contribution in [3.63, 3.8) is 0 Å². The van der Waals surface area contributed by atoms with Crippen molar-refractivity contribution in [3.8, 4) is 0 Å². The van der Waals surface area contributed by atoms with Crippen LogP contribution in [-0.2, 0) is 0 Å². The Balaban J connectivity index is 2.59. The van der Waals surface area contributed by atoms with Crippen LogP contribution in [0.5, 0.6) is 0 Å². The molecule has 16 heavy (non-hydrogen) atoms. The van der Waals surface area contributed by atoms with Gasteiger partial charge in [0, 0.05) is 19.9 Å². The molecule has 0 amide bonds. The van der Waals surface area contributed by atoms with Crippen molar-refractivity contribution in [2.75, 3.05) is 5.32 Å². The highest BCUT2D eigenvalue weighted by Crippen LogP contribution is 2.20. The van der Waals surface area contributed by atoms with E-state index in [-0.39, 0.29) is 5.66 Å². The average Bonchev–Trinajstić information content (AvgIpc) is 2.21. The number of benzene rings is 2. The van der Waals surface area contributed by atoms with Crippen LogP contribution in [0.4, 0.5) is 5.69 Å². The normalized spacial score (nSPS) is 16.6. The molecular weight excluding hydrogens is 196 g/mol. The molecular formula is C14H15N2+. The Morgan fingerprint density at radius 3 is 2.81 bits per heavy atom. The lowest BCUT2D eigenvalue weighted by molar-refractivity contribution is -0.573. The van der Waals surface area contributed by atoms with Gasteiger partial charge in [-0.3, -0.25) is 0 Å². The summed E-state index contributed by atoms with van der Waals surface area (Å²) >= 11 is 0. The number of rotatable bonds is 0. The largest absolute Gasteiger partial charge is 0.325 e. The zero-order valence-corrected chi connectivity index (χ0v) is 9.59. The zero-order valence-electron chi connectivity index (χ0n) is 9.59. The van der Waals surface area contributed by atoms with E-state index in [1.54, 1.807) is 0 Å². The van der Waals surface area contributed by atoms with E-state index in [0.717, 1.165) is 5.22 Å². The number of hydrogen-bond acceptors (Lipinski definition) is 1. The fraction of sp³-hybridized carbons (Fsp3) is 0.214. The number of hydrogen-bond donors (Lipinski definition) is 2. The third-order valence-electron chi connectivity index (χ3n) is 3.03. The molecule has 2 aromatic rings. The van der Waals surface area contributed by atoms with E-state index < -0.39 is 0 Å². The maximum Gasteiger partial charge on any atom is 0.228 e. The summed E-state index contributed by atoms with van der Waals surface area (Å²) in [7, 11) is 0. The van der Waals surface area contributed by atoms with Gasteiger partial charge in [0.05, 0.1) is 11.1 Å². The molecule has 0 unspecified atom stereocenters. The second-order valence-corrected chi connectivity index (χ2v) is 4.88. The summed E-state index contributed by atoms with van der Waals surface area (Å²) in [6.07, 6.45) is 0. The van der Waals surface area contributed by atoms with Gasteiger partial charge in [0.1, 0.15) is 0 Å². The van der Waals surface area contributed by atoms with E-state index in [2.05, 4.69) is 61.1 Å². The van der Waals surface area contributed by atoms with Gasteiger partial charge in [-0.05, 0) is 22.7 Å². The molecule has 1 aliphatic heterocycles. The first-order chi connectivity index (χ1) is 7.57. The van der Waals surface area contributed by atoms with Crippen molar-refractivity contribution >= 4 is 23.0 Å². The first-order valence-corrected chi connectivity index (χ1v) is 5.51. The van der Waals surface area contributed by atoms with Crippen LogP contribution < -0.4 is 20.9 Å². The minimum Gasteiger partial charge on any atom is -0.325 e. The molecule has 80 valence electrons. The van der Waals surface area contributed by atoms with Crippen LogP contribution in [0.25, 0.3) is 17.4 Å². The summed E-state index contributed by atoms with van der Waals surface area (Å²) in [6.45, 7) is 8.33. The maximum absolute atomic E-state index is 4.07. The fourth-order valence-corrected chi connectivity index (χ4v) is 2.38. The van der Waals surface area contributed by atoms with Gasteiger partial charge in [-0.15, -0.1) is 0 Å². The molecule has 0 atom stereocenters. The molecule has 2 N–H and O–H groups in total. The molecule has 2 aromatic carbocycles. The van der Waals surface area contributed by atoms with Crippen molar-refractivity contribution < 1.29 is 4.99 Å². The number of anilines is 1. The van der Waals surface area contributed by atoms with E-state index in [4.69, 9.17) is 0 Å². The van der Waals surface area contributed by atoms with E-state index in [9.17, 15) is 0 Å². The Hall–Kier alpha value is -1.83. The second-order valence-electron chi connectivity index (χ2n) is 4.88. The third kappa shape index (κ3) is 1.23. The molecule has 0 radical (unpaired) electrons. The Bertz CT molecular complexity index is 684. The summed E-state index contributed by atoms with van der Waals surface area (Å²) < 4.78 is 0. The van der Waals surface area contributed by atoms with Gasteiger partial charge in [0.15, 0.2) is 0 Å². The highest BCUT2D eigenvalue weighted by molar-refractivity contribution is 5.94. The zero-order chi connectivity index (χ0) is 11.3. The monoisotopic (exact) mass is 211 g/mol. The molecule has 1 aliphatic rings. The summed E-state index contributed by atoms with van der Waals surface area (Å²) in [5.41, 5.74) is 1.08. The molecule has 0 saturated carbocycles. The van der Waals surface area contributed by atoms with Crippen LogP contribution in [0, 0.1) is 0 Å². The van der Waals surface area contributed by atoms with Crippen molar-refractivity contribution in [2.45, 2.75) is 19.5 Å². The van der Waals surface area contributed by atoms with Crippen LogP contribution in [0.2, 0.25) is 0 Å². The summed E-state index contributed by atoms with van der Waals surface area (Å²) in [5.74, 6) is 0. The van der Waals surface area contributed by atoms with E-state index in [0.29, 0.717) is 0 Å². The molecule has 2 nitrogen and oxygen atoms in total. The molecule has 0 bridgehead atoms. The van der Waals surface area contributed by atoms with Crippen molar-refractivity contribution in [1.29, 1.82) is 0 Å². The molecule has 0 aliphatic carbocycles. The van der Waals surface area contributed by atoms with E-state index in [1.165, 1.54) is 21.8 Å². The molecule has 0 aromatic heterocycles. The lowest BCUT2D eigenvalue weighted by Crippen LogP contribution is -2.92. The minimum atomic E-state index is -0.107. The Kier molecular flexibility index (Phi) is 1.67. The highest BCUT2D eigenvalue weighted by atomic mass is 15.1. The predicted octanol–water partition coefficient (Wildman–Crippen LogP) is 0.112. The summed E-state index contributed by atoms with van der Waals surface area (Å²) in [5, 5.41) is 8.20. The fourth-order valence-electron chi connectivity index (χ4n) is 2.38. The molecule has 0 saturated heterocycles. The van der Waals surface area contributed by atoms with Crippen LogP contribution >= 0.6 is 0 Å². The minimum absolute atomic E-state index is 0.107. The highest BCUT2D eigenvalue weighted by Gasteiger charge is 2.27. The lowest BCUT2D eigenvalue weighted by atomic mass is 10.0. The predicted molar refractivity (Wildman–Crippen MR) is 66.5 cm³/mol. The van der Waals surface area contributed by atoms with Gasteiger partial charge >= 0.3 is 0 Å². The first kappa shape index (κ1) is 9.40. The van der Waals surface area contributed by atoms with Gasteiger partial charge in [0.2, 0.25) is 11.0 Å². The van der Waals surface area contributed by atoms with E-state index >= 15 is 0 Å². The van der Waals surface area contributed by atoms with Gasteiger partial charge < -0.3 is 5.32 Å². The first-order valence-electron chi connectivity index (χ1n) is 5.51. The molecule has 0 spiro atoms. The van der Waals surface area contributed by atoms with Gasteiger partial charge in [-0.25, -0.2) is 4.99 Å². The average molecular weight is 211 g/mol. The Morgan fingerprint density at radius 1 is 1.19 bits per heavy atom. The third-order valence-corrected chi connectivity index (χ3v) is 3.03. The smallest absolute Gasteiger partial charge is 0.228 e. The van der Waals surface area contributed by atoms with Gasteiger partial charge in [-0.2, -0.15) is 0 Å². The SMILES string of the molecule is C=c1ccc2c3c(cccc13)NC(C)(C)[NH+]=2. The molecule has 2 heteroatoms. The van der Waals surface area contributed by atoms with Gasteiger partial charge in [-0.1, -0.05) is 18.7 Å². The molecule has 3 rings (SSSR count). The van der Waals surface area contributed by atoms with Crippen molar-refractivity contribution in [2.24, 2.45) is 0 Å². The standard InChI is InChI=1S/C14H14N2/c1-9-7-8-12-13-10(9)5-4-6-11(13)15-14(2,3)16-12/h4-8,15H,1H2,2-3H3/p+1.